The van der Waals surface area contributed by atoms with Gasteiger partial charge in [0.25, 0.3) is 5.56 Å². The van der Waals surface area contributed by atoms with Crippen molar-refractivity contribution in [2.24, 2.45) is 0 Å². The van der Waals surface area contributed by atoms with Gasteiger partial charge in [-0.05, 0) is 33.1 Å². The third-order valence-electron chi connectivity index (χ3n) is 3.07. The first-order chi connectivity index (χ1) is 9.02. The SMILES string of the molecule is CCCN(CCN(C)C)CCn1cc(N)ccc1=O. The van der Waals surface area contributed by atoms with E-state index in [9.17, 15) is 4.79 Å². The number of likely N-dealkylation sites (N-methyl/N-ethyl adjacent to an activating group) is 1. The van der Waals surface area contributed by atoms with Gasteiger partial charge in [0.15, 0.2) is 0 Å². The van der Waals surface area contributed by atoms with Crippen molar-refractivity contribution in [1.29, 1.82) is 0 Å². The zero-order valence-electron chi connectivity index (χ0n) is 12.3. The third kappa shape index (κ3) is 5.89. The Morgan fingerprint density at radius 1 is 1.16 bits per heavy atom. The maximum Gasteiger partial charge on any atom is 0.250 e. The third-order valence-corrected chi connectivity index (χ3v) is 3.07. The molecule has 0 saturated heterocycles. The van der Waals surface area contributed by atoms with Crippen molar-refractivity contribution in [2.75, 3.05) is 46.0 Å². The summed E-state index contributed by atoms with van der Waals surface area (Å²) in [5, 5.41) is 0. The first kappa shape index (κ1) is 15.7. The minimum absolute atomic E-state index is 0.0123. The zero-order valence-corrected chi connectivity index (χ0v) is 12.3. The van der Waals surface area contributed by atoms with Crippen molar-refractivity contribution in [3.63, 3.8) is 0 Å². The minimum atomic E-state index is 0.0123. The van der Waals surface area contributed by atoms with Gasteiger partial charge in [0.05, 0.1) is 0 Å². The lowest BCUT2D eigenvalue weighted by atomic mass is 10.3. The van der Waals surface area contributed by atoms with Crippen LogP contribution in [0.15, 0.2) is 23.1 Å². The molecule has 1 aromatic rings. The minimum Gasteiger partial charge on any atom is -0.398 e. The fourth-order valence-electron chi connectivity index (χ4n) is 1.97. The van der Waals surface area contributed by atoms with Crippen LogP contribution >= 0.6 is 0 Å². The van der Waals surface area contributed by atoms with Crippen molar-refractivity contribution < 1.29 is 0 Å². The monoisotopic (exact) mass is 266 g/mol. The number of rotatable bonds is 8. The summed E-state index contributed by atoms with van der Waals surface area (Å²) in [6, 6.07) is 3.17. The standard InChI is InChI=1S/C14H26N4O/c1-4-7-17(9-8-16(2)3)10-11-18-12-13(15)5-6-14(18)19/h5-6,12H,4,7-11,15H2,1-3H3. The molecule has 0 atom stereocenters. The molecule has 0 unspecified atom stereocenters. The maximum atomic E-state index is 11.7. The molecule has 0 fully saturated rings. The lowest BCUT2D eigenvalue weighted by Crippen LogP contribution is -2.36. The molecule has 1 aromatic heterocycles. The van der Waals surface area contributed by atoms with E-state index < -0.39 is 0 Å². The molecule has 0 aliphatic carbocycles. The lowest BCUT2D eigenvalue weighted by molar-refractivity contribution is 0.232. The molecule has 108 valence electrons. The van der Waals surface area contributed by atoms with Crippen LogP contribution in [0.2, 0.25) is 0 Å². The predicted molar refractivity (Wildman–Crippen MR) is 80.4 cm³/mol. The summed E-state index contributed by atoms with van der Waals surface area (Å²) in [5.74, 6) is 0. The Bertz CT molecular complexity index is 428. The van der Waals surface area contributed by atoms with Crippen molar-refractivity contribution in [3.05, 3.63) is 28.7 Å². The van der Waals surface area contributed by atoms with E-state index in [1.807, 2.05) is 0 Å². The molecule has 0 radical (unpaired) electrons. The number of pyridine rings is 1. The number of nitrogen functional groups attached to an aromatic ring is 1. The van der Waals surface area contributed by atoms with Gasteiger partial charge in [-0.1, -0.05) is 6.92 Å². The smallest absolute Gasteiger partial charge is 0.250 e. The Labute approximate surface area is 115 Å². The number of hydrogen-bond donors (Lipinski definition) is 1. The molecule has 5 nitrogen and oxygen atoms in total. The molecule has 0 aliphatic heterocycles. The van der Waals surface area contributed by atoms with Crippen LogP contribution in [0.25, 0.3) is 0 Å². The summed E-state index contributed by atoms with van der Waals surface area (Å²) in [5.41, 5.74) is 6.36. The van der Waals surface area contributed by atoms with E-state index in [-0.39, 0.29) is 5.56 Å². The van der Waals surface area contributed by atoms with E-state index >= 15 is 0 Å². The second kappa shape index (κ2) is 7.96. The van der Waals surface area contributed by atoms with Crippen LogP contribution in [0.1, 0.15) is 13.3 Å². The van der Waals surface area contributed by atoms with E-state index in [1.54, 1.807) is 16.8 Å². The topological polar surface area (TPSA) is 54.5 Å². The van der Waals surface area contributed by atoms with Crippen molar-refractivity contribution in [2.45, 2.75) is 19.9 Å². The van der Waals surface area contributed by atoms with E-state index in [2.05, 4.69) is 30.8 Å². The van der Waals surface area contributed by atoms with Crippen molar-refractivity contribution in [3.8, 4) is 0 Å². The first-order valence-corrected chi connectivity index (χ1v) is 6.86. The fourth-order valence-corrected chi connectivity index (χ4v) is 1.97. The second-order valence-electron chi connectivity index (χ2n) is 5.14. The highest BCUT2D eigenvalue weighted by Crippen LogP contribution is 1.98. The Hall–Kier alpha value is -1.33. The molecule has 19 heavy (non-hydrogen) atoms. The molecule has 5 heteroatoms. The quantitative estimate of drug-likeness (QED) is 0.753. The molecule has 0 spiro atoms. The molecule has 0 bridgehead atoms. The summed E-state index contributed by atoms with van der Waals surface area (Å²) in [6.45, 7) is 6.87. The van der Waals surface area contributed by atoms with Crippen LogP contribution in [0, 0.1) is 0 Å². The maximum absolute atomic E-state index is 11.7. The summed E-state index contributed by atoms with van der Waals surface area (Å²) < 4.78 is 1.69. The van der Waals surface area contributed by atoms with Crippen LogP contribution in [0.3, 0.4) is 0 Å². The van der Waals surface area contributed by atoms with Gasteiger partial charge in [-0.3, -0.25) is 4.79 Å². The highest BCUT2D eigenvalue weighted by Gasteiger charge is 2.05. The van der Waals surface area contributed by atoms with E-state index in [0.29, 0.717) is 12.2 Å². The van der Waals surface area contributed by atoms with Gasteiger partial charge in [0, 0.05) is 44.1 Å². The molecule has 0 amide bonds. The first-order valence-electron chi connectivity index (χ1n) is 6.86. The van der Waals surface area contributed by atoms with Crippen LogP contribution in [-0.4, -0.2) is 54.6 Å². The van der Waals surface area contributed by atoms with Gasteiger partial charge < -0.3 is 20.1 Å². The van der Waals surface area contributed by atoms with Crippen LogP contribution in [-0.2, 0) is 6.54 Å². The molecule has 0 aliphatic rings. The van der Waals surface area contributed by atoms with Crippen molar-refractivity contribution >= 4 is 5.69 Å². The van der Waals surface area contributed by atoms with E-state index in [0.717, 1.165) is 32.6 Å². The summed E-state index contributed by atoms with van der Waals surface area (Å²) in [7, 11) is 4.15. The molecular weight excluding hydrogens is 240 g/mol. The molecular formula is C14H26N4O. The lowest BCUT2D eigenvalue weighted by Gasteiger charge is -2.23. The molecule has 0 saturated carbocycles. The zero-order chi connectivity index (χ0) is 14.3. The molecule has 0 aromatic carbocycles. The van der Waals surface area contributed by atoms with Gasteiger partial charge in [0.1, 0.15) is 0 Å². The predicted octanol–water partition coefficient (Wildman–Crippen LogP) is 0.704. The largest absolute Gasteiger partial charge is 0.398 e. The molecule has 1 rings (SSSR count). The summed E-state index contributed by atoms with van der Waals surface area (Å²) in [6.07, 6.45) is 2.84. The Morgan fingerprint density at radius 2 is 1.89 bits per heavy atom. The highest BCUT2D eigenvalue weighted by atomic mass is 16.1. The van der Waals surface area contributed by atoms with Gasteiger partial charge in [0.2, 0.25) is 0 Å². The van der Waals surface area contributed by atoms with Crippen LogP contribution in [0.5, 0.6) is 0 Å². The Morgan fingerprint density at radius 3 is 2.53 bits per heavy atom. The average Bonchev–Trinajstić information content (AvgIpc) is 2.36. The molecule has 1 heterocycles. The number of anilines is 1. The fraction of sp³-hybridized carbons (Fsp3) is 0.643. The van der Waals surface area contributed by atoms with Gasteiger partial charge >= 0.3 is 0 Å². The summed E-state index contributed by atoms with van der Waals surface area (Å²) >= 11 is 0. The average molecular weight is 266 g/mol. The second-order valence-corrected chi connectivity index (χ2v) is 5.14. The Kier molecular flexibility index (Phi) is 6.59. The van der Waals surface area contributed by atoms with Crippen molar-refractivity contribution in [1.82, 2.24) is 14.4 Å². The highest BCUT2D eigenvalue weighted by molar-refractivity contribution is 5.33. The number of nitrogens with two attached hydrogens (primary N) is 1. The number of hydrogen-bond acceptors (Lipinski definition) is 4. The Balaban J connectivity index is 2.55. The van der Waals surface area contributed by atoms with Crippen LogP contribution in [0.4, 0.5) is 5.69 Å². The van der Waals surface area contributed by atoms with Gasteiger partial charge in [-0.25, -0.2) is 0 Å². The summed E-state index contributed by atoms with van der Waals surface area (Å²) in [4.78, 5) is 16.2. The normalized spacial score (nSPS) is 11.4. The van der Waals surface area contributed by atoms with Crippen LogP contribution < -0.4 is 11.3 Å². The number of aromatic nitrogens is 1. The van der Waals surface area contributed by atoms with E-state index in [4.69, 9.17) is 5.73 Å². The molecule has 2 N–H and O–H groups in total. The number of nitrogens with zero attached hydrogens (tertiary/aromatic N) is 3. The van der Waals surface area contributed by atoms with Gasteiger partial charge in [-0.2, -0.15) is 0 Å². The van der Waals surface area contributed by atoms with Gasteiger partial charge in [-0.15, -0.1) is 0 Å². The van der Waals surface area contributed by atoms with E-state index in [1.165, 1.54) is 6.07 Å².